The van der Waals surface area contributed by atoms with Crippen LogP contribution in [0.25, 0.3) is 0 Å². The fourth-order valence-corrected chi connectivity index (χ4v) is 2.06. The first-order chi connectivity index (χ1) is 9.43. The molecule has 1 aromatic carbocycles. The summed E-state index contributed by atoms with van der Waals surface area (Å²) in [6.45, 7) is 1.39. The van der Waals surface area contributed by atoms with E-state index >= 15 is 0 Å². The van der Waals surface area contributed by atoms with Crippen molar-refractivity contribution in [3.63, 3.8) is 0 Å². The van der Waals surface area contributed by atoms with E-state index in [1.807, 2.05) is 5.43 Å². The van der Waals surface area contributed by atoms with Crippen molar-refractivity contribution >= 4 is 11.6 Å². The summed E-state index contributed by atoms with van der Waals surface area (Å²) in [4.78, 5) is 13.0. The van der Waals surface area contributed by atoms with Crippen LogP contribution in [0.3, 0.4) is 0 Å². The van der Waals surface area contributed by atoms with Crippen LogP contribution in [0.5, 0.6) is 0 Å². The van der Waals surface area contributed by atoms with Gasteiger partial charge in [0.05, 0.1) is 18.8 Å². The molecule has 2 rings (SSSR count). The van der Waals surface area contributed by atoms with Gasteiger partial charge in [-0.2, -0.15) is 13.2 Å². The molecule has 1 fully saturated rings. The average molecular weight is 289 g/mol. The number of hydrogen-bond donors (Lipinski definition) is 2. The van der Waals surface area contributed by atoms with Gasteiger partial charge in [-0.15, -0.1) is 0 Å². The van der Waals surface area contributed by atoms with Crippen molar-refractivity contribution < 1.29 is 22.7 Å². The van der Waals surface area contributed by atoms with Gasteiger partial charge in [0.25, 0.3) is 5.91 Å². The van der Waals surface area contributed by atoms with Crippen molar-refractivity contribution in [2.75, 3.05) is 31.2 Å². The highest BCUT2D eigenvalue weighted by atomic mass is 19.4. The van der Waals surface area contributed by atoms with E-state index < -0.39 is 17.6 Å². The minimum absolute atomic E-state index is 0.0260. The lowest BCUT2D eigenvalue weighted by Crippen LogP contribution is -2.38. The Balaban J connectivity index is 2.44. The maximum absolute atomic E-state index is 13.0. The van der Waals surface area contributed by atoms with E-state index in [2.05, 4.69) is 0 Å². The van der Waals surface area contributed by atoms with E-state index in [4.69, 9.17) is 10.6 Å². The summed E-state index contributed by atoms with van der Waals surface area (Å²) in [5.74, 6) is 4.37. The molecule has 0 atom stereocenters. The number of hydrazine groups is 1. The average Bonchev–Trinajstić information content (AvgIpc) is 2.45. The van der Waals surface area contributed by atoms with Gasteiger partial charge in [-0.25, -0.2) is 5.84 Å². The first-order valence-electron chi connectivity index (χ1n) is 5.98. The lowest BCUT2D eigenvalue weighted by Gasteiger charge is -2.31. The number of morpholine rings is 1. The normalized spacial score (nSPS) is 16.1. The summed E-state index contributed by atoms with van der Waals surface area (Å²) in [7, 11) is 0. The van der Waals surface area contributed by atoms with Crippen LogP contribution in [0.2, 0.25) is 0 Å². The molecule has 0 bridgehead atoms. The largest absolute Gasteiger partial charge is 0.418 e. The van der Waals surface area contributed by atoms with E-state index in [1.54, 1.807) is 4.90 Å². The predicted molar refractivity (Wildman–Crippen MR) is 66.1 cm³/mol. The summed E-state index contributed by atoms with van der Waals surface area (Å²) >= 11 is 0. The minimum Gasteiger partial charge on any atom is -0.378 e. The van der Waals surface area contributed by atoms with Gasteiger partial charge in [-0.1, -0.05) is 0 Å². The molecule has 1 saturated heterocycles. The minimum atomic E-state index is -4.48. The van der Waals surface area contributed by atoms with Crippen molar-refractivity contribution in [2.24, 2.45) is 5.84 Å². The number of nitrogens with two attached hydrogens (primary N) is 1. The number of nitrogens with one attached hydrogen (secondary N) is 1. The van der Waals surface area contributed by atoms with Gasteiger partial charge in [-0.3, -0.25) is 10.2 Å². The molecule has 1 aliphatic heterocycles. The SMILES string of the molecule is NNC(=O)c1ccc(C(F)(F)F)c(N2CCOCC2)c1. The second-order valence-electron chi connectivity index (χ2n) is 4.30. The van der Waals surface area contributed by atoms with Gasteiger partial charge in [0.2, 0.25) is 0 Å². The second-order valence-corrected chi connectivity index (χ2v) is 4.30. The van der Waals surface area contributed by atoms with Crippen molar-refractivity contribution in [3.05, 3.63) is 29.3 Å². The molecule has 5 nitrogen and oxygen atoms in total. The Morgan fingerprint density at radius 1 is 1.30 bits per heavy atom. The fraction of sp³-hybridized carbons (Fsp3) is 0.417. The standard InChI is InChI=1S/C12H14F3N3O2/c13-12(14,15)9-2-1-8(11(19)17-16)7-10(9)18-3-5-20-6-4-18/h1-2,7H,3-6,16H2,(H,17,19). The smallest absolute Gasteiger partial charge is 0.378 e. The number of alkyl halides is 3. The Labute approximate surface area is 113 Å². The second kappa shape index (κ2) is 5.68. The van der Waals surface area contributed by atoms with Crippen LogP contribution in [0.1, 0.15) is 15.9 Å². The zero-order valence-electron chi connectivity index (χ0n) is 10.5. The molecular formula is C12H14F3N3O2. The van der Waals surface area contributed by atoms with Crippen LogP contribution in [0.4, 0.5) is 18.9 Å². The van der Waals surface area contributed by atoms with Crippen LogP contribution >= 0.6 is 0 Å². The monoisotopic (exact) mass is 289 g/mol. The molecule has 1 aromatic rings. The molecule has 1 aliphatic rings. The zero-order chi connectivity index (χ0) is 14.8. The predicted octanol–water partition coefficient (Wildman–Crippen LogP) is 1.15. The molecule has 0 spiro atoms. The van der Waals surface area contributed by atoms with Gasteiger partial charge >= 0.3 is 6.18 Å². The molecule has 20 heavy (non-hydrogen) atoms. The zero-order valence-corrected chi connectivity index (χ0v) is 10.5. The van der Waals surface area contributed by atoms with Crippen LogP contribution in [0, 0.1) is 0 Å². The maximum Gasteiger partial charge on any atom is 0.418 e. The molecule has 0 aromatic heterocycles. The Morgan fingerprint density at radius 3 is 2.50 bits per heavy atom. The van der Waals surface area contributed by atoms with Crippen LogP contribution in [0.15, 0.2) is 18.2 Å². The number of ether oxygens (including phenoxy) is 1. The highest BCUT2D eigenvalue weighted by Gasteiger charge is 2.35. The van der Waals surface area contributed by atoms with Crippen LogP contribution < -0.4 is 16.2 Å². The number of carbonyl (C=O) groups is 1. The molecule has 8 heteroatoms. The number of nitrogen functional groups attached to an aromatic ring is 1. The van der Waals surface area contributed by atoms with Gasteiger partial charge in [0.1, 0.15) is 0 Å². The summed E-state index contributed by atoms with van der Waals surface area (Å²) < 4.78 is 44.2. The first kappa shape index (κ1) is 14.6. The number of benzene rings is 1. The quantitative estimate of drug-likeness (QED) is 0.487. The summed E-state index contributed by atoms with van der Waals surface area (Å²) in [5.41, 5.74) is 1.19. The van der Waals surface area contributed by atoms with E-state index in [9.17, 15) is 18.0 Å². The van der Waals surface area contributed by atoms with E-state index in [1.165, 1.54) is 6.07 Å². The lowest BCUT2D eigenvalue weighted by molar-refractivity contribution is -0.137. The topological polar surface area (TPSA) is 67.6 Å². The third kappa shape index (κ3) is 3.02. The molecule has 1 amide bonds. The van der Waals surface area contributed by atoms with Crippen LogP contribution in [-0.4, -0.2) is 32.2 Å². The van der Waals surface area contributed by atoms with Crippen molar-refractivity contribution in [2.45, 2.75) is 6.18 Å². The molecule has 0 radical (unpaired) electrons. The number of anilines is 1. The molecule has 0 aliphatic carbocycles. The number of halogens is 3. The summed E-state index contributed by atoms with van der Waals surface area (Å²) in [6.07, 6.45) is -4.48. The van der Waals surface area contributed by atoms with E-state index in [-0.39, 0.29) is 11.3 Å². The van der Waals surface area contributed by atoms with Crippen molar-refractivity contribution in [1.82, 2.24) is 5.43 Å². The number of rotatable bonds is 2. The third-order valence-electron chi connectivity index (χ3n) is 3.05. The number of nitrogens with zero attached hydrogens (tertiary/aromatic N) is 1. The van der Waals surface area contributed by atoms with Crippen molar-refractivity contribution in [1.29, 1.82) is 0 Å². The number of amides is 1. The van der Waals surface area contributed by atoms with Gasteiger partial charge in [-0.05, 0) is 18.2 Å². The molecule has 3 N–H and O–H groups in total. The number of carbonyl (C=O) groups excluding carboxylic acids is 1. The molecule has 0 unspecified atom stereocenters. The Bertz CT molecular complexity index is 499. The first-order valence-corrected chi connectivity index (χ1v) is 5.98. The van der Waals surface area contributed by atoms with E-state index in [0.29, 0.717) is 26.3 Å². The summed E-state index contributed by atoms with van der Waals surface area (Å²) in [5, 5.41) is 0. The van der Waals surface area contributed by atoms with Gasteiger partial charge in [0, 0.05) is 24.3 Å². The Morgan fingerprint density at radius 2 is 1.95 bits per heavy atom. The number of hydrogen-bond acceptors (Lipinski definition) is 4. The third-order valence-corrected chi connectivity index (χ3v) is 3.05. The van der Waals surface area contributed by atoms with E-state index in [0.717, 1.165) is 12.1 Å². The highest BCUT2D eigenvalue weighted by molar-refractivity contribution is 5.95. The Kier molecular flexibility index (Phi) is 4.15. The molecule has 0 saturated carbocycles. The molecule has 110 valence electrons. The maximum atomic E-state index is 13.0. The highest BCUT2D eigenvalue weighted by Crippen LogP contribution is 2.37. The molecular weight excluding hydrogens is 275 g/mol. The van der Waals surface area contributed by atoms with Gasteiger partial charge in [0.15, 0.2) is 0 Å². The van der Waals surface area contributed by atoms with Crippen molar-refractivity contribution in [3.8, 4) is 0 Å². The molecule has 1 heterocycles. The summed E-state index contributed by atoms with van der Waals surface area (Å²) in [6, 6.07) is 3.21. The lowest BCUT2D eigenvalue weighted by atomic mass is 10.1. The van der Waals surface area contributed by atoms with Crippen LogP contribution in [-0.2, 0) is 10.9 Å². The fourth-order valence-electron chi connectivity index (χ4n) is 2.06. The van der Waals surface area contributed by atoms with Gasteiger partial charge < -0.3 is 9.64 Å². The Hall–Kier alpha value is -1.80.